The van der Waals surface area contributed by atoms with Crippen molar-refractivity contribution in [3.05, 3.63) is 28.2 Å². The van der Waals surface area contributed by atoms with E-state index in [0.29, 0.717) is 13.0 Å². The fourth-order valence-corrected chi connectivity index (χ4v) is 1.50. The van der Waals surface area contributed by atoms with Crippen LogP contribution in [0.4, 0.5) is 0 Å². The molecule has 0 spiro atoms. The average molecular weight is 258 g/mol. The van der Waals surface area contributed by atoms with Crippen molar-refractivity contribution >= 4 is 21.9 Å². The van der Waals surface area contributed by atoms with Gasteiger partial charge in [-0.2, -0.15) is 0 Å². The van der Waals surface area contributed by atoms with E-state index in [1.165, 1.54) is 0 Å². The van der Waals surface area contributed by atoms with Crippen molar-refractivity contribution in [1.82, 2.24) is 0 Å². The van der Waals surface area contributed by atoms with Gasteiger partial charge in [-0.25, -0.2) is 0 Å². The lowest BCUT2D eigenvalue weighted by atomic mass is 10.1. The van der Waals surface area contributed by atoms with Gasteiger partial charge in [0.25, 0.3) is 0 Å². The number of halogens is 1. The summed E-state index contributed by atoms with van der Waals surface area (Å²) in [6.45, 7) is 0.518. The molecular weight excluding hydrogens is 246 g/mol. The van der Waals surface area contributed by atoms with Gasteiger partial charge in [0.05, 0.1) is 0 Å². The van der Waals surface area contributed by atoms with E-state index in [2.05, 4.69) is 20.9 Å². The van der Waals surface area contributed by atoms with E-state index in [-0.39, 0.29) is 11.7 Å². The summed E-state index contributed by atoms with van der Waals surface area (Å²) in [6.07, 6.45) is 0.687. The molecule has 1 aromatic rings. The summed E-state index contributed by atoms with van der Waals surface area (Å²) in [7, 11) is 0. The molecule has 0 amide bonds. The number of aliphatic imine (C=N–C) groups is 1. The molecule has 5 N–H and O–H groups in total. The Balaban J connectivity index is 2.67. The van der Waals surface area contributed by atoms with Crippen molar-refractivity contribution in [1.29, 1.82) is 0 Å². The molecule has 0 fully saturated rings. The smallest absolute Gasteiger partial charge is 0.185 e. The van der Waals surface area contributed by atoms with Gasteiger partial charge in [-0.3, -0.25) is 4.99 Å². The number of nitrogens with zero attached hydrogens (tertiary/aromatic N) is 1. The second-order valence-corrected chi connectivity index (χ2v) is 3.69. The zero-order valence-electron chi connectivity index (χ0n) is 7.57. The summed E-state index contributed by atoms with van der Waals surface area (Å²) in [5.74, 6) is 0.328. The Morgan fingerprint density at radius 1 is 1.43 bits per heavy atom. The third-order valence-corrected chi connectivity index (χ3v) is 2.48. The molecule has 1 aromatic carbocycles. The summed E-state index contributed by atoms with van der Waals surface area (Å²) in [5.41, 5.74) is 11.4. The SMILES string of the molecule is NC(N)=NCCc1cc(O)ccc1Br. The number of guanidine groups is 1. The summed E-state index contributed by atoms with van der Waals surface area (Å²) >= 11 is 3.38. The van der Waals surface area contributed by atoms with Crippen LogP contribution in [0.25, 0.3) is 0 Å². The van der Waals surface area contributed by atoms with Crippen molar-refractivity contribution < 1.29 is 5.11 Å². The van der Waals surface area contributed by atoms with E-state index in [4.69, 9.17) is 11.5 Å². The molecule has 14 heavy (non-hydrogen) atoms. The number of hydrogen-bond acceptors (Lipinski definition) is 2. The third-order valence-electron chi connectivity index (χ3n) is 1.70. The quantitative estimate of drug-likeness (QED) is 0.558. The standard InChI is InChI=1S/C9H12BrN3O/c10-8-2-1-7(14)5-6(8)3-4-13-9(11)12/h1-2,5,14H,3-4H2,(H4,11,12,13). The Labute approximate surface area is 90.8 Å². The van der Waals surface area contributed by atoms with Crippen LogP contribution < -0.4 is 11.5 Å². The van der Waals surface area contributed by atoms with E-state index in [0.717, 1.165) is 10.0 Å². The summed E-state index contributed by atoms with van der Waals surface area (Å²) in [4.78, 5) is 3.86. The Kier molecular flexibility index (Phi) is 3.76. The van der Waals surface area contributed by atoms with Crippen molar-refractivity contribution in [2.75, 3.05) is 6.54 Å². The lowest BCUT2D eigenvalue weighted by Gasteiger charge is -2.03. The zero-order valence-corrected chi connectivity index (χ0v) is 9.16. The minimum absolute atomic E-state index is 0.0845. The van der Waals surface area contributed by atoms with Gasteiger partial charge in [0, 0.05) is 11.0 Å². The van der Waals surface area contributed by atoms with E-state index in [1.54, 1.807) is 18.2 Å². The van der Waals surface area contributed by atoms with Crippen LogP contribution in [0.5, 0.6) is 5.75 Å². The molecule has 0 saturated carbocycles. The van der Waals surface area contributed by atoms with Gasteiger partial charge in [0.2, 0.25) is 0 Å². The van der Waals surface area contributed by atoms with Crippen LogP contribution in [0.15, 0.2) is 27.7 Å². The Morgan fingerprint density at radius 3 is 2.79 bits per heavy atom. The van der Waals surface area contributed by atoms with Gasteiger partial charge < -0.3 is 16.6 Å². The summed E-state index contributed by atoms with van der Waals surface area (Å²) < 4.78 is 0.945. The fourth-order valence-electron chi connectivity index (χ4n) is 1.06. The summed E-state index contributed by atoms with van der Waals surface area (Å²) in [5, 5.41) is 9.24. The molecule has 5 heteroatoms. The van der Waals surface area contributed by atoms with Gasteiger partial charge in [0.15, 0.2) is 5.96 Å². The van der Waals surface area contributed by atoms with Gasteiger partial charge in [-0.15, -0.1) is 0 Å². The van der Waals surface area contributed by atoms with Gasteiger partial charge >= 0.3 is 0 Å². The number of aromatic hydroxyl groups is 1. The van der Waals surface area contributed by atoms with Crippen LogP contribution in [-0.4, -0.2) is 17.6 Å². The minimum atomic E-state index is 0.0845. The van der Waals surface area contributed by atoms with Crippen LogP contribution in [0.1, 0.15) is 5.56 Å². The number of rotatable bonds is 3. The highest BCUT2D eigenvalue weighted by Gasteiger charge is 2.00. The molecule has 0 aliphatic heterocycles. The number of nitrogens with two attached hydrogens (primary N) is 2. The molecule has 0 aromatic heterocycles. The largest absolute Gasteiger partial charge is 0.508 e. The normalized spacial score (nSPS) is 9.79. The van der Waals surface area contributed by atoms with Crippen LogP contribution in [0.2, 0.25) is 0 Å². The number of benzene rings is 1. The second-order valence-electron chi connectivity index (χ2n) is 2.83. The first-order chi connectivity index (χ1) is 6.59. The number of phenolic OH excluding ortho intramolecular Hbond substituents is 1. The molecule has 4 nitrogen and oxygen atoms in total. The predicted octanol–water partition coefficient (Wildman–Crippen LogP) is 0.971. The molecule has 0 aliphatic rings. The maximum atomic E-state index is 9.24. The first-order valence-corrected chi connectivity index (χ1v) is 4.91. The molecule has 0 saturated heterocycles. The maximum Gasteiger partial charge on any atom is 0.185 e. The molecule has 0 heterocycles. The van der Waals surface area contributed by atoms with E-state index in [1.807, 2.05) is 0 Å². The minimum Gasteiger partial charge on any atom is -0.508 e. The van der Waals surface area contributed by atoms with Gasteiger partial charge in [-0.1, -0.05) is 15.9 Å². The Hall–Kier alpha value is -1.23. The predicted molar refractivity (Wildman–Crippen MR) is 60.2 cm³/mol. The summed E-state index contributed by atoms with van der Waals surface area (Å²) in [6, 6.07) is 5.10. The van der Waals surface area contributed by atoms with E-state index >= 15 is 0 Å². The van der Waals surface area contributed by atoms with Gasteiger partial charge in [0.1, 0.15) is 5.75 Å². The molecule has 0 bridgehead atoms. The molecule has 1 rings (SSSR count). The molecule has 0 aliphatic carbocycles. The van der Waals surface area contributed by atoms with Crippen LogP contribution in [0.3, 0.4) is 0 Å². The number of phenols is 1. The van der Waals surface area contributed by atoms with E-state index < -0.39 is 0 Å². The lowest BCUT2D eigenvalue weighted by Crippen LogP contribution is -2.23. The molecular formula is C9H12BrN3O. The van der Waals surface area contributed by atoms with E-state index in [9.17, 15) is 5.11 Å². The topological polar surface area (TPSA) is 84.6 Å². The molecule has 0 atom stereocenters. The van der Waals surface area contributed by atoms with Crippen molar-refractivity contribution in [2.24, 2.45) is 16.5 Å². The Morgan fingerprint density at radius 2 is 2.14 bits per heavy atom. The van der Waals surface area contributed by atoms with Gasteiger partial charge in [-0.05, 0) is 30.2 Å². The highest BCUT2D eigenvalue weighted by molar-refractivity contribution is 9.10. The zero-order chi connectivity index (χ0) is 10.6. The Bertz CT molecular complexity index is 348. The first-order valence-electron chi connectivity index (χ1n) is 4.12. The fraction of sp³-hybridized carbons (Fsp3) is 0.222. The number of hydrogen-bond donors (Lipinski definition) is 3. The second kappa shape index (κ2) is 4.85. The van der Waals surface area contributed by atoms with Crippen LogP contribution in [0, 0.1) is 0 Å². The monoisotopic (exact) mass is 257 g/mol. The third kappa shape index (κ3) is 3.26. The molecule has 0 radical (unpaired) electrons. The van der Waals surface area contributed by atoms with Crippen LogP contribution >= 0.6 is 15.9 Å². The lowest BCUT2D eigenvalue weighted by molar-refractivity contribution is 0.474. The molecule has 0 unspecified atom stereocenters. The van der Waals surface area contributed by atoms with Crippen LogP contribution in [-0.2, 0) is 6.42 Å². The van der Waals surface area contributed by atoms with Crippen molar-refractivity contribution in [3.63, 3.8) is 0 Å². The average Bonchev–Trinajstić information content (AvgIpc) is 2.10. The highest BCUT2D eigenvalue weighted by atomic mass is 79.9. The maximum absolute atomic E-state index is 9.24. The highest BCUT2D eigenvalue weighted by Crippen LogP contribution is 2.21. The van der Waals surface area contributed by atoms with Crippen molar-refractivity contribution in [3.8, 4) is 5.75 Å². The van der Waals surface area contributed by atoms with Crippen molar-refractivity contribution in [2.45, 2.75) is 6.42 Å². The first kappa shape index (κ1) is 10.8. The molecule has 76 valence electrons.